The topological polar surface area (TPSA) is 63.2 Å². The molecule has 6 heteroatoms. The van der Waals surface area contributed by atoms with E-state index in [4.69, 9.17) is 4.74 Å². The second kappa shape index (κ2) is 8.64. The lowest BCUT2D eigenvalue weighted by atomic mass is 10.2. The van der Waals surface area contributed by atoms with E-state index in [0.717, 1.165) is 16.6 Å². The van der Waals surface area contributed by atoms with Crippen molar-refractivity contribution >= 4 is 33.3 Å². The third kappa shape index (κ3) is 5.33. The normalized spacial score (nSPS) is 10.4. The molecule has 0 unspecified atom stereocenters. The highest BCUT2D eigenvalue weighted by Gasteiger charge is 2.06. The molecular formula is C17H20BrN3O2. The van der Waals surface area contributed by atoms with E-state index in [0.29, 0.717) is 24.5 Å². The van der Waals surface area contributed by atoms with Crippen LogP contribution in [0.4, 0.5) is 11.5 Å². The van der Waals surface area contributed by atoms with Crippen LogP contribution in [-0.4, -0.2) is 31.2 Å². The van der Waals surface area contributed by atoms with Crippen LogP contribution in [0, 0.1) is 6.92 Å². The van der Waals surface area contributed by atoms with Gasteiger partial charge in [-0.05, 0) is 59.1 Å². The molecule has 0 atom stereocenters. The number of hydrogen-bond donors (Lipinski definition) is 2. The highest BCUT2D eigenvalue weighted by Crippen LogP contribution is 2.26. The number of methoxy groups -OCH3 is 1. The van der Waals surface area contributed by atoms with E-state index < -0.39 is 0 Å². The number of rotatable bonds is 7. The van der Waals surface area contributed by atoms with Gasteiger partial charge in [0.05, 0.1) is 11.3 Å². The number of carbonyl (C=O) groups excluding carboxylic acids is 1. The monoisotopic (exact) mass is 377 g/mol. The van der Waals surface area contributed by atoms with E-state index in [1.165, 1.54) is 5.56 Å². The third-order valence-electron chi connectivity index (χ3n) is 3.22. The number of pyridine rings is 1. The molecule has 2 rings (SSSR count). The lowest BCUT2D eigenvalue weighted by Gasteiger charge is -2.09. The van der Waals surface area contributed by atoms with Gasteiger partial charge in [-0.1, -0.05) is 6.07 Å². The number of nitrogens with zero attached hydrogens (tertiary/aromatic N) is 1. The Hall–Kier alpha value is -1.92. The molecule has 5 nitrogen and oxygen atoms in total. The van der Waals surface area contributed by atoms with Crippen molar-refractivity contribution in [2.45, 2.75) is 13.3 Å². The standard InChI is InChI=1S/C17H20BrN3O2/c1-12-4-6-15(14(18)10-12)21-16-7-5-13(11-20-16)17(22)19-8-3-9-23-2/h4-7,10-11H,3,8-9H2,1-2H3,(H,19,22)(H,20,21). The molecule has 1 aromatic carbocycles. The first kappa shape index (κ1) is 17.4. The molecule has 0 radical (unpaired) electrons. The van der Waals surface area contributed by atoms with E-state index in [2.05, 4.69) is 31.5 Å². The summed E-state index contributed by atoms with van der Waals surface area (Å²) in [5.41, 5.74) is 2.65. The Bertz CT molecular complexity index is 659. The molecule has 0 fully saturated rings. The average Bonchev–Trinajstić information content (AvgIpc) is 2.55. The SMILES string of the molecule is COCCCNC(=O)c1ccc(Nc2ccc(C)cc2Br)nc1. The van der Waals surface area contributed by atoms with Gasteiger partial charge in [-0.2, -0.15) is 0 Å². The molecule has 1 amide bonds. The quantitative estimate of drug-likeness (QED) is 0.722. The van der Waals surface area contributed by atoms with Crippen molar-refractivity contribution in [1.82, 2.24) is 10.3 Å². The van der Waals surface area contributed by atoms with E-state index in [1.807, 2.05) is 25.1 Å². The predicted molar refractivity (Wildman–Crippen MR) is 95.2 cm³/mol. The zero-order valence-corrected chi connectivity index (χ0v) is 14.8. The molecule has 122 valence electrons. The second-order valence-corrected chi connectivity index (χ2v) is 6.00. The Kier molecular flexibility index (Phi) is 6.55. The molecule has 1 aromatic heterocycles. The van der Waals surface area contributed by atoms with Crippen molar-refractivity contribution in [3.05, 3.63) is 52.1 Å². The molecular weight excluding hydrogens is 358 g/mol. The summed E-state index contributed by atoms with van der Waals surface area (Å²) >= 11 is 3.52. The number of nitrogens with one attached hydrogen (secondary N) is 2. The predicted octanol–water partition coefficient (Wildman–Crippen LogP) is 3.66. The van der Waals surface area contributed by atoms with Gasteiger partial charge in [-0.15, -0.1) is 0 Å². The van der Waals surface area contributed by atoms with Crippen molar-refractivity contribution in [3.8, 4) is 0 Å². The number of aromatic nitrogens is 1. The van der Waals surface area contributed by atoms with E-state index in [-0.39, 0.29) is 5.91 Å². The number of hydrogen-bond acceptors (Lipinski definition) is 4. The smallest absolute Gasteiger partial charge is 0.252 e. The molecule has 2 aromatic rings. The molecule has 2 N–H and O–H groups in total. The molecule has 0 spiro atoms. The van der Waals surface area contributed by atoms with Crippen LogP contribution in [0.15, 0.2) is 41.0 Å². The Morgan fingerprint density at radius 2 is 2.13 bits per heavy atom. The Morgan fingerprint density at radius 3 is 2.78 bits per heavy atom. The zero-order valence-electron chi connectivity index (χ0n) is 13.2. The molecule has 23 heavy (non-hydrogen) atoms. The first-order valence-corrected chi connectivity index (χ1v) is 8.16. The molecule has 0 aliphatic carbocycles. The minimum atomic E-state index is -0.128. The summed E-state index contributed by atoms with van der Waals surface area (Å²) in [5.74, 6) is 0.558. The highest BCUT2D eigenvalue weighted by molar-refractivity contribution is 9.10. The number of ether oxygens (including phenoxy) is 1. The lowest BCUT2D eigenvalue weighted by molar-refractivity contribution is 0.0948. The van der Waals surface area contributed by atoms with Crippen molar-refractivity contribution in [2.75, 3.05) is 25.6 Å². The number of halogens is 1. The van der Waals surface area contributed by atoms with Crippen LogP contribution in [-0.2, 0) is 4.74 Å². The first-order chi connectivity index (χ1) is 11.1. The number of aryl methyl sites for hydroxylation is 1. The van der Waals surface area contributed by atoms with Crippen LogP contribution in [0.5, 0.6) is 0 Å². The summed E-state index contributed by atoms with van der Waals surface area (Å²) < 4.78 is 5.91. The van der Waals surface area contributed by atoms with Crippen molar-refractivity contribution in [2.24, 2.45) is 0 Å². The van der Waals surface area contributed by atoms with Gasteiger partial charge >= 0.3 is 0 Å². The maximum atomic E-state index is 11.9. The molecule has 0 aliphatic heterocycles. The second-order valence-electron chi connectivity index (χ2n) is 5.14. The minimum absolute atomic E-state index is 0.128. The summed E-state index contributed by atoms with van der Waals surface area (Å²) in [6, 6.07) is 9.58. The summed E-state index contributed by atoms with van der Waals surface area (Å²) in [6.45, 7) is 3.25. The van der Waals surface area contributed by atoms with Gasteiger partial charge in [-0.3, -0.25) is 4.79 Å². The van der Waals surface area contributed by atoms with E-state index in [9.17, 15) is 4.79 Å². The van der Waals surface area contributed by atoms with Crippen LogP contribution < -0.4 is 10.6 Å². The average molecular weight is 378 g/mol. The third-order valence-corrected chi connectivity index (χ3v) is 3.88. The minimum Gasteiger partial charge on any atom is -0.385 e. The van der Waals surface area contributed by atoms with E-state index >= 15 is 0 Å². The number of benzene rings is 1. The van der Waals surface area contributed by atoms with Gasteiger partial charge < -0.3 is 15.4 Å². The fourth-order valence-corrected chi connectivity index (χ4v) is 2.57. The number of amides is 1. The van der Waals surface area contributed by atoms with Gasteiger partial charge in [0.15, 0.2) is 0 Å². The van der Waals surface area contributed by atoms with Crippen LogP contribution >= 0.6 is 15.9 Å². The summed E-state index contributed by atoms with van der Waals surface area (Å²) in [6.07, 6.45) is 2.35. The maximum Gasteiger partial charge on any atom is 0.252 e. The molecule has 0 aliphatic rings. The summed E-state index contributed by atoms with van der Waals surface area (Å²) in [7, 11) is 1.64. The highest BCUT2D eigenvalue weighted by atomic mass is 79.9. The van der Waals surface area contributed by atoms with Crippen LogP contribution in [0.25, 0.3) is 0 Å². The molecule has 0 saturated heterocycles. The molecule has 1 heterocycles. The number of anilines is 2. The maximum absolute atomic E-state index is 11.9. The largest absolute Gasteiger partial charge is 0.385 e. The van der Waals surface area contributed by atoms with Crippen molar-refractivity contribution in [3.63, 3.8) is 0 Å². The number of carbonyl (C=O) groups is 1. The van der Waals surface area contributed by atoms with Gasteiger partial charge in [0, 0.05) is 30.9 Å². The fourth-order valence-electron chi connectivity index (χ4n) is 1.98. The molecule has 0 bridgehead atoms. The zero-order chi connectivity index (χ0) is 16.7. The summed E-state index contributed by atoms with van der Waals surface area (Å²) in [4.78, 5) is 16.2. The van der Waals surface area contributed by atoms with Gasteiger partial charge in [0.1, 0.15) is 5.82 Å². The van der Waals surface area contributed by atoms with Gasteiger partial charge in [-0.25, -0.2) is 4.98 Å². The fraction of sp³-hybridized carbons (Fsp3) is 0.294. The van der Waals surface area contributed by atoms with Crippen LogP contribution in [0.2, 0.25) is 0 Å². The van der Waals surface area contributed by atoms with E-state index in [1.54, 1.807) is 25.4 Å². The van der Waals surface area contributed by atoms with Crippen LogP contribution in [0.3, 0.4) is 0 Å². The van der Waals surface area contributed by atoms with Crippen LogP contribution in [0.1, 0.15) is 22.3 Å². The summed E-state index contributed by atoms with van der Waals surface area (Å²) in [5, 5.41) is 6.05. The van der Waals surface area contributed by atoms with Gasteiger partial charge in [0.2, 0.25) is 0 Å². The van der Waals surface area contributed by atoms with Crippen molar-refractivity contribution in [1.29, 1.82) is 0 Å². The Balaban J connectivity index is 1.95. The molecule has 0 saturated carbocycles. The Morgan fingerprint density at radius 1 is 1.30 bits per heavy atom. The Labute approximate surface area is 144 Å². The lowest BCUT2D eigenvalue weighted by Crippen LogP contribution is -2.25. The first-order valence-electron chi connectivity index (χ1n) is 7.36. The van der Waals surface area contributed by atoms with Crippen molar-refractivity contribution < 1.29 is 9.53 Å². The van der Waals surface area contributed by atoms with Gasteiger partial charge in [0.25, 0.3) is 5.91 Å².